The van der Waals surface area contributed by atoms with Crippen molar-refractivity contribution in [1.82, 2.24) is 30.4 Å². The van der Waals surface area contributed by atoms with Crippen LogP contribution in [0.1, 0.15) is 94.4 Å². The van der Waals surface area contributed by atoms with Gasteiger partial charge in [-0.1, -0.05) is 0 Å². The number of fused-ring (bicyclic) bond motifs is 2. The summed E-state index contributed by atoms with van der Waals surface area (Å²) >= 11 is 0. The monoisotopic (exact) mass is 823 g/mol. The van der Waals surface area contributed by atoms with Crippen molar-refractivity contribution < 1.29 is 28.7 Å². The van der Waals surface area contributed by atoms with Crippen LogP contribution in [0.3, 0.4) is 0 Å². The van der Waals surface area contributed by atoms with E-state index in [9.17, 15) is 29.2 Å². The predicted molar refractivity (Wildman–Crippen MR) is 226 cm³/mol. The Morgan fingerprint density at radius 1 is 0.836 bits per heavy atom. The number of imide groups is 2. The van der Waals surface area contributed by atoms with Crippen molar-refractivity contribution in [2.75, 3.05) is 55.6 Å². The number of ether oxygens (including phenoxy) is 1. The minimum Gasteiger partial charge on any atom is -0.490 e. The molecular weight excluding hydrogens is 775 g/mol. The number of hydrogen-bond acceptors (Lipinski definition) is 12. The zero-order valence-electron chi connectivity index (χ0n) is 34.1. The molecule has 2 aromatic heterocycles. The molecule has 2 aromatic carbocycles. The van der Waals surface area contributed by atoms with E-state index in [1.165, 1.54) is 0 Å². The van der Waals surface area contributed by atoms with Gasteiger partial charge in [0.1, 0.15) is 23.7 Å². The number of nitriles is 1. The maximum atomic E-state index is 13.3. The molecule has 1 aliphatic carbocycles. The van der Waals surface area contributed by atoms with Crippen molar-refractivity contribution in [2.45, 2.75) is 76.0 Å². The highest BCUT2D eigenvalue weighted by atomic mass is 16.5. The Hall–Kier alpha value is -6.40. The molecular formula is C46H49N9O6. The number of aromatic nitrogens is 2. The third kappa shape index (κ3) is 8.37. The molecule has 15 nitrogen and oxygen atoms in total. The van der Waals surface area contributed by atoms with E-state index in [4.69, 9.17) is 4.74 Å². The first-order valence-corrected chi connectivity index (χ1v) is 21.5. The Balaban J connectivity index is 0.684. The highest BCUT2D eigenvalue weighted by Gasteiger charge is 2.45. The lowest BCUT2D eigenvalue weighted by molar-refractivity contribution is -0.136. The molecule has 2 N–H and O–H groups in total. The van der Waals surface area contributed by atoms with Gasteiger partial charge < -0.3 is 19.9 Å². The molecule has 5 aliphatic rings. The smallest absolute Gasteiger partial charge is 0.262 e. The van der Waals surface area contributed by atoms with Crippen molar-refractivity contribution in [3.05, 3.63) is 89.2 Å². The van der Waals surface area contributed by atoms with E-state index >= 15 is 0 Å². The zero-order chi connectivity index (χ0) is 42.0. The van der Waals surface area contributed by atoms with Gasteiger partial charge in [-0.25, -0.2) is 4.98 Å². The number of pyridine rings is 2. The predicted octanol–water partition coefficient (Wildman–Crippen LogP) is 4.45. The Kier molecular flexibility index (Phi) is 11.3. The van der Waals surface area contributed by atoms with Crippen LogP contribution >= 0.6 is 0 Å². The number of rotatable bonds is 10. The molecule has 314 valence electrons. The number of nitrogens with zero attached hydrogens (tertiary/aromatic N) is 7. The topological polar surface area (TPSA) is 181 Å². The van der Waals surface area contributed by atoms with Crippen molar-refractivity contribution in [3.8, 4) is 11.8 Å². The number of piperazine rings is 1. The number of hydrogen-bond donors (Lipinski definition) is 2. The van der Waals surface area contributed by atoms with Gasteiger partial charge in [0.25, 0.3) is 17.7 Å². The van der Waals surface area contributed by atoms with E-state index in [2.05, 4.69) is 41.4 Å². The average molecular weight is 824 g/mol. The van der Waals surface area contributed by atoms with Gasteiger partial charge in [-0.2, -0.15) is 5.26 Å². The summed E-state index contributed by atoms with van der Waals surface area (Å²) in [4.78, 5) is 80.8. The molecule has 0 radical (unpaired) electrons. The molecule has 1 saturated carbocycles. The van der Waals surface area contributed by atoms with E-state index in [0.717, 1.165) is 118 Å². The molecule has 5 amide bonds. The molecule has 6 heterocycles. The summed E-state index contributed by atoms with van der Waals surface area (Å²) < 4.78 is 6.37. The number of nitrogens with one attached hydrogen (secondary N) is 2. The van der Waals surface area contributed by atoms with E-state index < -0.39 is 29.7 Å². The minimum absolute atomic E-state index is 0.0303. The summed E-state index contributed by atoms with van der Waals surface area (Å²) in [6, 6.07) is 17.8. The molecule has 3 saturated heterocycles. The van der Waals surface area contributed by atoms with Gasteiger partial charge in [0.2, 0.25) is 11.8 Å². The second kappa shape index (κ2) is 17.3. The Morgan fingerprint density at radius 3 is 2.36 bits per heavy atom. The lowest BCUT2D eigenvalue weighted by Crippen LogP contribution is -2.54. The first-order chi connectivity index (χ1) is 29.7. The molecule has 15 heteroatoms. The Bertz CT molecular complexity index is 2390. The first kappa shape index (κ1) is 40.0. The first-order valence-electron chi connectivity index (χ1n) is 21.5. The maximum Gasteiger partial charge on any atom is 0.262 e. The summed E-state index contributed by atoms with van der Waals surface area (Å²) in [5, 5.41) is 15.7. The fourth-order valence-corrected chi connectivity index (χ4v) is 9.52. The number of amides is 5. The van der Waals surface area contributed by atoms with Crippen LogP contribution in [0, 0.1) is 17.2 Å². The van der Waals surface area contributed by atoms with E-state index in [1.54, 1.807) is 30.6 Å². The van der Waals surface area contributed by atoms with Crippen LogP contribution in [0.4, 0.5) is 11.5 Å². The van der Waals surface area contributed by atoms with E-state index in [1.807, 2.05) is 36.4 Å². The molecule has 0 bridgehead atoms. The largest absolute Gasteiger partial charge is 0.490 e. The summed E-state index contributed by atoms with van der Waals surface area (Å²) in [7, 11) is 0. The summed E-state index contributed by atoms with van der Waals surface area (Å²) in [5.74, 6) is 0.189. The van der Waals surface area contributed by atoms with Crippen LogP contribution in [-0.2, 0) is 9.59 Å². The second-order valence-corrected chi connectivity index (χ2v) is 16.8. The third-order valence-corrected chi connectivity index (χ3v) is 13.1. The van der Waals surface area contributed by atoms with Gasteiger partial charge in [-0.05, 0) is 118 Å². The van der Waals surface area contributed by atoms with Gasteiger partial charge >= 0.3 is 0 Å². The standard InChI is InChI=1S/C46H49N9O6/c47-27-30-3-12-39(36-2-1-18-48-42(30)36)61-34-8-5-32(6-9-34)50-43(57)31-4-13-40(49-28-31)54-20-16-29(17-21-54)15-19-52-22-24-53(25-23-52)33-7-10-35-37(26-33)46(60)55(45(35)59)38-11-14-41(56)51-44(38)58/h1-4,7,10,12-13,18,26,28-29,32,34,38H,5-6,8-9,11,14-17,19-25H2,(H,50,57)(H,51,56,58). The van der Waals surface area contributed by atoms with Crippen molar-refractivity contribution in [2.24, 2.45) is 5.92 Å². The molecule has 0 spiro atoms. The molecule has 1 atom stereocenters. The fourth-order valence-electron chi connectivity index (χ4n) is 9.52. The maximum absolute atomic E-state index is 13.3. The second-order valence-electron chi connectivity index (χ2n) is 16.8. The highest BCUT2D eigenvalue weighted by molar-refractivity contribution is 6.23. The van der Waals surface area contributed by atoms with Crippen LogP contribution < -0.4 is 25.2 Å². The van der Waals surface area contributed by atoms with Crippen LogP contribution in [0.2, 0.25) is 0 Å². The van der Waals surface area contributed by atoms with Crippen LogP contribution in [0.15, 0.2) is 67.0 Å². The molecule has 9 rings (SSSR count). The minimum atomic E-state index is -0.971. The summed E-state index contributed by atoms with van der Waals surface area (Å²) in [6.45, 7) is 6.31. The fraction of sp³-hybridized carbons (Fsp3) is 0.435. The van der Waals surface area contributed by atoms with Crippen molar-refractivity contribution >= 4 is 51.9 Å². The SMILES string of the molecule is N#Cc1ccc(OC2CCC(NC(=O)c3ccc(N4CCC(CCN5CCN(c6ccc7c(c6)C(=O)N(C6CCC(=O)NC6=O)C7=O)CC5)CC4)nc3)CC2)c2cccnc12. The van der Waals surface area contributed by atoms with Crippen molar-refractivity contribution in [1.29, 1.82) is 5.26 Å². The highest BCUT2D eigenvalue weighted by Crippen LogP contribution is 2.33. The average Bonchev–Trinajstić information content (AvgIpc) is 3.54. The summed E-state index contributed by atoms with van der Waals surface area (Å²) in [6.07, 6.45) is 10.2. The van der Waals surface area contributed by atoms with Gasteiger partial charge in [0, 0.05) is 75.2 Å². The third-order valence-electron chi connectivity index (χ3n) is 13.1. The Labute approximate surface area is 354 Å². The molecule has 4 fully saturated rings. The molecule has 4 aromatic rings. The van der Waals surface area contributed by atoms with Crippen LogP contribution in [-0.4, -0.2) is 113 Å². The van der Waals surface area contributed by atoms with Crippen molar-refractivity contribution in [3.63, 3.8) is 0 Å². The van der Waals surface area contributed by atoms with Crippen LogP contribution in [0.25, 0.3) is 10.9 Å². The lowest BCUT2D eigenvalue weighted by atomic mass is 9.92. The number of carbonyl (C=O) groups is 5. The van der Waals surface area contributed by atoms with Crippen LogP contribution in [0.5, 0.6) is 5.75 Å². The van der Waals surface area contributed by atoms with E-state index in [-0.39, 0.29) is 30.9 Å². The molecule has 1 unspecified atom stereocenters. The number of benzene rings is 2. The normalized spacial score (nSPS) is 22.5. The lowest BCUT2D eigenvalue weighted by Gasteiger charge is -2.38. The molecule has 61 heavy (non-hydrogen) atoms. The van der Waals surface area contributed by atoms with E-state index in [0.29, 0.717) is 33.7 Å². The van der Waals surface area contributed by atoms with Gasteiger partial charge in [0.05, 0.1) is 33.9 Å². The van der Waals surface area contributed by atoms with Gasteiger partial charge in [-0.15, -0.1) is 0 Å². The van der Waals surface area contributed by atoms with Gasteiger partial charge in [-0.3, -0.25) is 44.1 Å². The number of anilines is 2. The number of carbonyl (C=O) groups excluding carboxylic acids is 5. The zero-order valence-corrected chi connectivity index (χ0v) is 34.1. The van der Waals surface area contributed by atoms with Gasteiger partial charge in [0.15, 0.2) is 0 Å². The Morgan fingerprint density at radius 2 is 1.62 bits per heavy atom. The number of piperidine rings is 2. The summed E-state index contributed by atoms with van der Waals surface area (Å²) in [5.41, 5.74) is 3.23. The quantitative estimate of drug-likeness (QED) is 0.215. The molecule has 4 aliphatic heterocycles.